The van der Waals surface area contributed by atoms with E-state index in [1.54, 1.807) is 18.2 Å². The van der Waals surface area contributed by atoms with Crippen molar-refractivity contribution in [2.75, 3.05) is 0 Å². The normalized spacial score (nSPS) is 11.6. The fourth-order valence-electron chi connectivity index (χ4n) is 1.48. The molecule has 0 atom stereocenters. The highest BCUT2D eigenvalue weighted by molar-refractivity contribution is 7.11. The molecule has 2 aromatic rings. The predicted octanol–water partition coefficient (Wildman–Crippen LogP) is 4.68. The van der Waals surface area contributed by atoms with Gasteiger partial charge in [-0.25, -0.2) is 4.79 Å². The Morgan fingerprint density at radius 3 is 2.61 bits per heavy atom. The van der Waals surface area contributed by atoms with Gasteiger partial charge in [-0.1, -0.05) is 35.3 Å². The van der Waals surface area contributed by atoms with Gasteiger partial charge >= 0.3 is 5.97 Å². The summed E-state index contributed by atoms with van der Waals surface area (Å²) in [6, 6.07) is 8.46. The van der Waals surface area contributed by atoms with Crippen molar-refractivity contribution < 1.29 is 9.90 Å². The molecule has 0 aliphatic rings. The Labute approximate surface area is 118 Å². The summed E-state index contributed by atoms with van der Waals surface area (Å²) < 4.78 is 0. The molecule has 5 heteroatoms. The molecule has 0 bridgehead atoms. The molecule has 0 aliphatic heterocycles. The maximum absolute atomic E-state index is 11.3. The zero-order valence-corrected chi connectivity index (χ0v) is 11.4. The second-order valence-electron chi connectivity index (χ2n) is 3.50. The number of hydrogen-bond acceptors (Lipinski definition) is 2. The van der Waals surface area contributed by atoms with E-state index in [2.05, 4.69) is 0 Å². The summed E-state index contributed by atoms with van der Waals surface area (Å²) in [5.74, 6) is -1.02. The lowest BCUT2D eigenvalue weighted by atomic mass is 10.1. The molecule has 92 valence electrons. The predicted molar refractivity (Wildman–Crippen MR) is 76.3 cm³/mol. The van der Waals surface area contributed by atoms with Crippen LogP contribution in [0.4, 0.5) is 0 Å². The van der Waals surface area contributed by atoms with Crippen LogP contribution in [-0.2, 0) is 4.79 Å². The average molecular weight is 299 g/mol. The largest absolute Gasteiger partial charge is 0.478 e. The molecule has 0 saturated carbocycles. The van der Waals surface area contributed by atoms with Crippen LogP contribution in [0.3, 0.4) is 0 Å². The van der Waals surface area contributed by atoms with Crippen molar-refractivity contribution in [3.63, 3.8) is 0 Å². The molecule has 1 aromatic carbocycles. The minimum Gasteiger partial charge on any atom is -0.478 e. The van der Waals surface area contributed by atoms with Crippen LogP contribution in [0.5, 0.6) is 0 Å². The van der Waals surface area contributed by atoms with Gasteiger partial charge in [-0.3, -0.25) is 0 Å². The highest BCUT2D eigenvalue weighted by Crippen LogP contribution is 2.29. The Bertz CT molecular complexity index is 603. The van der Waals surface area contributed by atoms with E-state index in [1.807, 2.05) is 17.5 Å². The molecule has 0 amide bonds. The molecule has 18 heavy (non-hydrogen) atoms. The van der Waals surface area contributed by atoms with Crippen molar-refractivity contribution >= 4 is 52.2 Å². The van der Waals surface area contributed by atoms with Gasteiger partial charge in [0.05, 0.1) is 10.6 Å². The molecule has 0 fully saturated rings. The van der Waals surface area contributed by atoms with Gasteiger partial charge in [0.25, 0.3) is 0 Å². The van der Waals surface area contributed by atoms with Crippen LogP contribution in [0.2, 0.25) is 10.0 Å². The Balaban J connectivity index is 2.52. The third-order valence-electron chi connectivity index (χ3n) is 2.28. The number of aliphatic carboxylic acids is 1. The number of carboxylic acid groups (broad SMARTS) is 1. The highest BCUT2D eigenvalue weighted by Gasteiger charge is 2.14. The number of rotatable bonds is 3. The zero-order chi connectivity index (χ0) is 13.1. The monoisotopic (exact) mass is 298 g/mol. The first-order chi connectivity index (χ1) is 8.58. The Morgan fingerprint density at radius 2 is 2.06 bits per heavy atom. The van der Waals surface area contributed by atoms with Crippen LogP contribution in [0, 0.1) is 0 Å². The van der Waals surface area contributed by atoms with Gasteiger partial charge in [0.1, 0.15) is 0 Å². The highest BCUT2D eigenvalue weighted by atomic mass is 35.5. The number of benzene rings is 1. The van der Waals surface area contributed by atoms with E-state index < -0.39 is 5.97 Å². The smallest absolute Gasteiger partial charge is 0.336 e. The third kappa shape index (κ3) is 2.93. The van der Waals surface area contributed by atoms with Crippen molar-refractivity contribution in [2.45, 2.75) is 0 Å². The molecule has 0 radical (unpaired) electrons. The fraction of sp³-hybridized carbons (Fsp3) is 0. The summed E-state index contributed by atoms with van der Waals surface area (Å²) in [6.45, 7) is 0. The van der Waals surface area contributed by atoms with Crippen LogP contribution in [0.15, 0.2) is 35.7 Å². The van der Waals surface area contributed by atoms with Crippen molar-refractivity contribution in [1.29, 1.82) is 0 Å². The summed E-state index contributed by atoms with van der Waals surface area (Å²) in [5, 5.41) is 12.0. The Hall–Kier alpha value is -1.29. The zero-order valence-electron chi connectivity index (χ0n) is 9.06. The number of thiophene rings is 1. The molecule has 0 unspecified atom stereocenters. The lowest BCUT2D eigenvalue weighted by molar-refractivity contribution is -0.130. The summed E-state index contributed by atoms with van der Waals surface area (Å²) in [4.78, 5) is 12.2. The van der Waals surface area contributed by atoms with Gasteiger partial charge in [-0.2, -0.15) is 0 Å². The molecular weight excluding hydrogens is 291 g/mol. The minimum absolute atomic E-state index is 0.152. The number of carbonyl (C=O) groups is 1. The molecule has 1 aromatic heterocycles. The van der Waals surface area contributed by atoms with Gasteiger partial charge in [0, 0.05) is 15.5 Å². The Morgan fingerprint density at radius 1 is 1.28 bits per heavy atom. The molecule has 1 N–H and O–H groups in total. The molecule has 2 nitrogen and oxygen atoms in total. The molecule has 0 spiro atoms. The second-order valence-corrected chi connectivity index (χ2v) is 5.33. The molecular formula is C13H8Cl2O2S. The quantitative estimate of drug-likeness (QED) is 0.835. The molecule has 0 saturated heterocycles. The third-order valence-corrected chi connectivity index (χ3v) is 3.65. The second kappa shape index (κ2) is 5.57. The van der Waals surface area contributed by atoms with E-state index >= 15 is 0 Å². The first-order valence-electron chi connectivity index (χ1n) is 5.02. The lowest BCUT2D eigenvalue weighted by Crippen LogP contribution is -2.00. The van der Waals surface area contributed by atoms with Crippen molar-refractivity contribution in [1.82, 2.24) is 0 Å². The van der Waals surface area contributed by atoms with Crippen LogP contribution in [-0.4, -0.2) is 11.1 Å². The van der Waals surface area contributed by atoms with Crippen LogP contribution >= 0.6 is 34.5 Å². The maximum Gasteiger partial charge on any atom is 0.336 e. The van der Waals surface area contributed by atoms with Gasteiger partial charge in [0.15, 0.2) is 0 Å². The summed E-state index contributed by atoms with van der Waals surface area (Å²) >= 11 is 13.3. The summed E-state index contributed by atoms with van der Waals surface area (Å²) in [6.07, 6.45) is 1.60. The number of halogens is 2. The van der Waals surface area contributed by atoms with Crippen LogP contribution < -0.4 is 0 Å². The van der Waals surface area contributed by atoms with Gasteiger partial charge in [-0.15, -0.1) is 11.3 Å². The van der Waals surface area contributed by atoms with E-state index in [0.717, 1.165) is 4.88 Å². The van der Waals surface area contributed by atoms with Crippen LogP contribution in [0.25, 0.3) is 11.6 Å². The van der Waals surface area contributed by atoms with E-state index in [9.17, 15) is 9.90 Å². The van der Waals surface area contributed by atoms with Crippen molar-refractivity contribution in [3.8, 4) is 0 Å². The SMILES string of the molecule is O=C(O)/C(=C\c1cccs1)c1ccc(Cl)cc1Cl. The van der Waals surface area contributed by atoms with E-state index in [4.69, 9.17) is 23.2 Å². The topological polar surface area (TPSA) is 37.3 Å². The number of hydrogen-bond donors (Lipinski definition) is 1. The fourth-order valence-corrected chi connectivity index (χ4v) is 2.65. The van der Waals surface area contributed by atoms with E-state index in [0.29, 0.717) is 15.6 Å². The summed E-state index contributed by atoms with van der Waals surface area (Å²) in [5.41, 5.74) is 0.612. The average Bonchev–Trinajstić information content (AvgIpc) is 2.79. The van der Waals surface area contributed by atoms with E-state index in [-0.39, 0.29) is 5.57 Å². The first kappa shape index (κ1) is 13.1. The van der Waals surface area contributed by atoms with Gasteiger partial charge in [-0.05, 0) is 29.7 Å². The van der Waals surface area contributed by atoms with Crippen LogP contribution in [0.1, 0.15) is 10.4 Å². The van der Waals surface area contributed by atoms with E-state index in [1.165, 1.54) is 17.4 Å². The standard InChI is InChI=1S/C13H8Cl2O2S/c14-8-3-4-10(12(15)6-8)11(13(16)17)7-9-2-1-5-18-9/h1-7H,(H,16,17)/b11-7-. The minimum atomic E-state index is -1.02. The maximum atomic E-state index is 11.3. The molecule has 1 heterocycles. The molecule has 2 rings (SSSR count). The lowest BCUT2D eigenvalue weighted by Gasteiger charge is -2.05. The van der Waals surface area contributed by atoms with Crippen molar-refractivity contribution in [3.05, 3.63) is 56.2 Å². The Kier molecular flexibility index (Phi) is 4.07. The number of carboxylic acids is 1. The summed E-state index contributed by atoms with van der Waals surface area (Å²) in [7, 11) is 0. The van der Waals surface area contributed by atoms with Gasteiger partial charge in [0.2, 0.25) is 0 Å². The van der Waals surface area contributed by atoms with Crippen molar-refractivity contribution in [2.24, 2.45) is 0 Å². The molecule has 0 aliphatic carbocycles. The first-order valence-corrected chi connectivity index (χ1v) is 6.65. The van der Waals surface area contributed by atoms with Gasteiger partial charge < -0.3 is 5.11 Å².